The molecule has 1 aromatic heterocycles. The fourth-order valence-corrected chi connectivity index (χ4v) is 4.46. The molecule has 3 heterocycles. The first-order valence-electron chi connectivity index (χ1n) is 9.50. The Morgan fingerprint density at radius 3 is 2.68 bits per heavy atom. The molecule has 2 unspecified atom stereocenters. The van der Waals surface area contributed by atoms with Gasteiger partial charge in [0.15, 0.2) is 0 Å². The summed E-state index contributed by atoms with van der Waals surface area (Å²) in [5, 5.41) is 4.33. The molecule has 1 N–H and O–H groups in total. The number of aromatic nitrogens is 2. The van der Waals surface area contributed by atoms with Crippen LogP contribution in [0.25, 0.3) is 11.0 Å². The van der Waals surface area contributed by atoms with Crippen LogP contribution in [0, 0.1) is 6.92 Å². The predicted octanol–water partition coefficient (Wildman–Crippen LogP) is 3.65. The molecular formula is C19H27N5O. The smallest absolute Gasteiger partial charge is 0.255 e. The molecule has 0 aliphatic carbocycles. The van der Waals surface area contributed by atoms with Gasteiger partial charge >= 0.3 is 6.03 Å². The van der Waals surface area contributed by atoms with Gasteiger partial charge in [-0.05, 0) is 51.2 Å². The van der Waals surface area contributed by atoms with Crippen LogP contribution in [0.3, 0.4) is 0 Å². The van der Waals surface area contributed by atoms with Crippen molar-refractivity contribution in [3.63, 3.8) is 0 Å². The van der Waals surface area contributed by atoms with Crippen molar-refractivity contribution in [1.82, 2.24) is 19.7 Å². The summed E-state index contributed by atoms with van der Waals surface area (Å²) in [7, 11) is 0. The van der Waals surface area contributed by atoms with Crippen molar-refractivity contribution in [2.75, 3.05) is 12.0 Å². The van der Waals surface area contributed by atoms with Crippen LogP contribution < -0.4 is 5.43 Å². The van der Waals surface area contributed by atoms with Gasteiger partial charge in [0.2, 0.25) is 0 Å². The molecule has 2 aliphatic rings. The highest BCUT2D eigenvalue weighted by Crippen LogP contribution is 2.36. The number of amides is 2. The summed E-state index contributed by atoms with van der Waals surface area (Å²) in [5.41, 5.74) is 4.92. The molecule has 2 saturated heterocycles. The number of carbonyl (C=O) groups is 1. The van der Waals surface area contributed by atoms with Crippen molar-refractivity contribution in [2.45, 2.75) is 64.5 Å². The van der Waals surface area contributed by atoms with Crippen LogP contribution in [0.15, 0.2) is 24.3 Å². The summed E-state index contributed by atoms with van der Waals surface area (Å²) in [4.78, 5) is 17.7. The van der Waals surface area contributed by atoms with Crippen molar-refractivity contribution in [2.24, 2.45) is 0 Å². The molecule has 2 atom stereocenters. The minimum Gasteiger partial charge on any atom is -0.255 e. The zero-order valence-corrected chi connectivity index (χ0v) is 15.1. The number of hydrazine groups is 1. The first kappa shape index (κ1) is 16.4. The van der Waals surface area contributed by atoms with E-state index in [1.165, 1.54) is 32.1 Å². The number of urea groups is 1. The lowest BCUT2D eigenvalue weighted by molar-refractivity contribution is -0.0468. The largest absolute Gasteiger partial charge is 0.351 e. The molecule has 2 aliphatic heterocycles. The van der Waals surface area contributed by atoms with Crippen LogP contribution in [0.2, 0.25) is 0 Å². The third-order valence-electron chi connectivity index (χ3n) is 5.54. The summed E-state index contributed by atoms with van der Waals surface area (Å²) in [5.74, 6) is 0.799. The summed E-state index contributed by atoms with van der Waals surface area (Å²) in [6.07, 6.45) is 7.08. The second kappa shape index (κ2) is 6.67. The normalized spacial score (nSPS) is 23.1. The number of carbonyl (C=O) groups excluding carboxylic acids is 1. The van der Waals surface area contributed by atoms with E-state index >= 15 is 0 Å². The zero-order chi connectivity index (χ0) is 17.4. The minimum atomic E-state index is -0.0492. The summed E-state index contributed by atoms with van der Waals surface area (Å²) in [6, 6.07) is 8.90. The lowest BCUT2D eigenvalue weighted by Gasteiger charge is -2.42. The van der Waals surface area contributed by atoms with Gasteiger partial charge < -0.3 is 0 Å². The van der Waals surface area contributed by atoms with E-state index in [2.05, 4.69) is 22.3 Å². The van der Waals surface area contributed by atoms with E-state index in [0.717, 1.165) is 29.8 Å². The fourth-order valence-electron chi connectivity index (χ4n) is 4.46. The number of aryl methyl sites for hydroxylation is 1. The number of hydrogen-bond acceptors (Lipinski definition) is 3. The first-order chi connectivity index (χ1) is 12.2. The second-order valence-electron chi connectivity index (χ2n) is 7.22. The number of para-hydroxylation sites is 2. The SMILES string of the molecule is CCCN(C(=O)Nn1c(C)nc2ccccc21)N1C2CCCC1CC2. The molecule has 0 radical (unpaired) electrons. The molecule has 2 bridgehead atoms. The Kier molecular flexibility index (Phi) is 4.37. The van der Waals surface area contributed by atoms with Crippen molar-refractivity contribution in [3.05, 3.63) is 30.1 Å². The van der Waals surface area contributed by atoms with Crippen LogP contribution in [-0.2, 0) is 0 Å². The molecule has 2 amide bonds. The average molecular weight is 341 g/mol. The first-order valence-corrected chi connectivity index (χ1v) is 9.50. The number of nitrogens with zero attached hydrogens (tertiary/aromatic N) is 4. The number of fused-ring (bicyclic) bond motifs is 3. The molecule has 0 spiro atoms. The third-order valence-corrected chi connectivity index (χ3v) is 5.54. The highest BCUT2D eigenvalue weighted by atomic mass is 16.2. The van der Waals surface area contributed by atoms with Gasteiger partial charge in [0.25, 0.3) is 0 Å². The average Bonchev–Trinajstić information content (AvgIpc) is 3.04. The minimum absolute atomic E-state index is 0.0492. The molecule has 2 aromatic rings. The molecule has 0 saturated carbocycles. The molecule has 6 nitrogen and oxygen atoms in total. The van der Waals surface area contributed by atoms with Crippen molar-refractivity contribution < 1.29 is 4.79 Å². The number of rotatable bonds is 4. The highest BCUT2D eigenvalue weighted by Gasteiger charge is 2.41. The van der Waals surface area contributed by atoms with E-state index in [-0.39, 0.29) is 6.03 Å². The predicted molar refractivity (Wildman–Crippen MR) is 98.7 cm³/mol. The second-order valence-corrected chi connectivity index (χ2v) is 7.22. The van der Waals surface area contributed by atoms with E-state index in [4.69, 9.17) is 0 Å². The molecule has 4 rings (SSSR count). The van der Waals surface area contributed by atoms with Gasteiger partial charge in [0.1, 0.15) is 5.82 Å². The van der Waals surface area contributed by atoms with Gasteiger partial charge in [-0.15, -0.1) is 0 Å². The van der Waals surface area contributed by atoms with Crippen molar-refractivity contribution >= 4 is 17.1 Å². The Balaban J connectivity index is 1.60. The van der Waals surface area contributed by atoms with Crippen molar-refractivity contribution in [1.29, 1.82) is 0 Å². The Bertz CT molecular complexity index is 754. The molecule has 2 fully saturated rings. The summed E-state index contributed by atoms with van der Waals surface area (Å²) >= 11 is 0. The number of piperidine rings is 1. The lowest BCUT2D eigenvalue weighted by Crippen LogP contribution is -2.56. The van der Waals surface area contributed by atoms with Gasteiger partial charge in [-0.3, -0.25) is 5.01 Å². The van der Waals surface area contributed by atoms with Crippen LogP contribution in [0.1, 0.15) is 51.3 Å². The maximum atomic E-state index is 13.1. The van der Waals surface area contributed by atoms with Gasteiger partial charge in [-0.1, -0.05) is 25.5 Å². The van der Waals surface area contributed by atoms with E-state index in [0.29, 0.717) is 12.1 Å². The topological polar surface area (TPSA) is 53.4 Å². The van der Waals surface area contributed by atoms with Gasteiger partial charge in [0, 0.05) is 18.6 Å². The Labute approximate surface area is 148 Å². The van der Waals surface area contributed by atoms with Crippen LogP contribution in [0.5, 0.6) is 0 Å². The van der Waals surface area contributed by atoms with Crippen LogP contribution in [-0.4, -0.2) is 44.3 Å². The van der Waals surface area contributed by atoms with Gasteiger partial charge in [-0.25, -0.2) is 24.9 Å². The maximum Gasteiger partial charge on any atom is 0.351 e. The quantitative estimate of drug-likeness (QED) is 0.923. The lowest BCUT2D eigenvalue weighted by atomic mass is 10.1. The van der Waals surface area contributed by atoms with Crippen LogP contribution in [0.4, 0.5) is 4.79 Å². The Hall–Kier alpha value is -2.08. The molecule has 134 valence electrons. The molecular weight excluding hydrogens is 314 g/mol. The van der Waals surface area contributed by atoms with E-state index < -0.39 is 0 Å². The number of imidazole rings is 1. The fraction of sp³-hybridized carbons (Fsp3) is 0.579. The monoisotopic (exact) mass is 341 g/mol. The number of hydrogen-bond donors (Lipinski definition) is 1. The molecule has 25 heavy (non-hydrogen) atoms. The zero-order valence-electron chi connectivity index (χ0n) is 15.1. The standard InChI is InChI=1S/C19H27N5O/c1-3-13-22(24-15-7-6-8-16(24)12-11-15)19(25)21-23-14(2)20-17-9-4-5-10-18(17)23/h4-5,9-10,15-16H,3,6-8,11-13H2,1-2H3,(H,21,25). The number of nitrogens with one attached hydrogen (secondary N) is 1. The van der Waals surface area contributed by atoms with E-state index in [1.807, 2.05) is 40.9 Å². The molecule has 1 aromatic carbocycles. The Morgan fingerprint density at radius 2 is 1.96 bits per heavy atom. The molecule has 6 heteroatoms. The maximum absolute atomic E-state index is 13.1. The van der Waals surface area contributed by atoms with E-state index in [9.17, 15) is 4.79 Å². The van der Waals surface area contributed by atoms with Crippen LogP contribution >= 0.6 is 0 Å². The Morgan fingerprint density at radius 1 is 1.24 bits per heavy atom. The van der Waals surface area contributed by atoms with Crippen molar-refractivity contribution in [3.8, 4) is 0 Å². The summed E-state index contributed by atoms with van der Waals surface area (Å²) < 4.78 is 1.81. The van der Waals surface area contributed by atoms with E-state index in [1.54, 1.807) is 0 Å². The third kappa shape index (κ3) is 2.88. The highest BCUT2D eigenvalue weighted by molar-refractivity contribution is 5.85. The number of benzene rings is 1. The van der Waals surface area contributed by atoms with Gasteiger partial charge in [0.05, 0.1) is 11.0 Å². The summed E-state index contributed by atoms with van der Waals surface area (Å²) in [6.45, 7) is 4.81. The van der Waals surface area contributed by atoms with Gasteiger partial charge in [-0.2, -0.15) is 0 Å².